The third-order valence-corrected chi connectivity index (χ3v) is 4.03. The molecular weight excluding hydrogens is 258 g/mol. The number of likely N-dealkylation sites (N-methyl/N-ethyl adjacent to an activating group) is 1. The second kappa shape index (κ2) is 7.59. The Labute approximate surface area is 120 Å². The molecule has 0 saturated carbocycles. The predicted molar refractivity (Wildman–Crippen MR) is 75.3 cm³/mol. The summed E-state index contributed by atoms with van der Waals surface area (Å²) in [6.45, 7) is 7.70. The third-order valence-electron chi connectivity index (χ3n) is 4.03. The summed E-state index contributed by atoms with van der Waals surface area (Å²) in [5.41, 5.74) is 0. The van der Waals surface area contributed by atoms with Gasteiger partial charge in [-0.2, -0.15) is 0 Å². The van der Waals surface area contributed by atoms with Gasteiger partial charge in [0.05, 0.1) is 6.10 Å². The molecule has 114 valence electrons. The van der Waals surface area contributed by atoms with E-state index in [1.54, 1.807) is 4.90 Å². The van der Waals surface area contributed by atoms with Gasteiger partial charge in [-0.05, 0) is 19.4 Å². The van der Waals surface area contributed by atoms with E-state index in [1.165, 1.54) is 0 Å². The minimum atomic E-state index is -0.191. The van der Waals surface area contributed by atoms with Gasteiger partial charge in [0.1, 0.15) is 6.42 Å². The van der Waals surface area contributed by atoms with Crippen molar-refractivity contribution in [1.82, 2.24) is 15.1 Å². The van der Waals surface area contributed by atoms with E-state index < -0.39 is 0 Å². The first-order chi connectivity index (χ1) is 9.69. The highest BCUT2D eigenvalue weighted by atomic mass is 16.5. The quantitative estimate of drug-likeness (QED) is 0.712. The number of carbonyl (C=O) groups excluding carboxylic acids is 2. The number of carbonyl (C=O) groups is 2. The first kappa shape index (κ1) is 15.3. The van der Waals surface area contributed by atoms with Crippen LogP contribution in [0.2, 0.25) is 0 Å². The van der Waals surface area contributed by atoms with Crippen LogP contribution in [0.1, 0.15) is 26.2 Å². The second-order valence-corrected chi connectivity index (χ2v) is 5.43. The molecule has 2 fully saturated rings. The first-order valence-corrected chi connectivity index (χ1v) is 7.57. The van der Waals surface area contributed by atoms with Crippen molar-refractivity contribution in [2.24, 2.45) is 0 Å². The van der Waals surface area contributed by atoms with Crippen LogP contribution in [0.15, 0.2) is 0 Å². The highest BCUT2D eigenvalue weighted by molar-refractivity contribution is 5.96. The minimum absolute atomic E-state index is 0.0428. The normalized spacial score (nSPS) is 23.9. The van der Waals surface area contributed by atoms with Crippen molar-refractivity contribution in [3.8, 4) is 0 Å². The first-order valence-electron chi connectivity index (χ1n) is 7.57. The molecule has 20 heavy (non-hydrogen) atoms. The Balaban J connectivity index is 1.64. The number of hydrogen-bond donors (Lipinski definition) is 1. The average molecular weight is 283 g/mol. The van der Waals surface area contributed by atoms with Gasteiger partial charge in [-0.3, -0.25) is 9.59 Å². The predicted octanol–water partition coefficient (Wildman–Crippen LogP) is -0.164. The highest BCUT2D eigenvalue weighted by Crippen LogP contribution is 2.10. The molecule has 0 bridgehead atoms. The summed E-state index contributed by atoms with van der Waals surface area (Å²) < 4.78 is 5.43. The number of hydrogen-bond acceptors (Lipinski definition) is 4. The summed E-state index contributed by atoms with van der Waals surface area (Å²) >= 11 is 0. The van der Waals surface area contributed by atoms with Gasteiger partial charge < -0.3 is 19.9 Å². The van der Waals surface area contributed by atoms with Gasteiger partial charge in [0.25, 0.3) is 0 Å². The Hall–Kier alpha value is -1.14. The van der Waals surface area contributed by atoms with Crippen LogP contribution in [0.5, 0.6) is 0 Å². The maximum absolute atomic E-state index is 12.0. The van der Waals surface area contributed by atoms with Crippen LogP contribution >= 0.6 is 0 Å². The lowest BCUT2D eigenvalue weighted by Crippen LogP contribution is -2.49. The molecule has 6 heteroatoms. The maximum Gasteiger partial charge on any atom is 0.232 e. The van der Waals surface area contributed by atoms with Crippen molar-refractivity contribution in [3.63, 3.8) is 0 Å². The van der Waals surface area contributed by atoms with Crippen LogP contribution in [0.4, 0.5) is 0 Å². The van der Waals surface area contributed by atoms with Gasteiger partial charge in [0, 0.05) is 39.3 Å². The van der Waals surface area contributed by atoms with Gasteiger partial charge in [0.2, 0.25) is 11.8 Å². The molecule has 0 spiro atoms. The lowest BCUT2D eigenvalue weighted by Gasteiger charge is -2.34. The molecule has 2 amide bonds. The zero-order valence-corrected chi connectivity index (χ0v) is 12.3. The smallest absolute Gasteiger partial charge is 0.232 e. The number of rotatable bonds is 5. The van der Waals surface area contributed by atoms with Gasteiger partial charge in [-0.25, -0.2) is 0 Å². The summed E-state index contributed by atoms with van der Waals surface area (Å²) in [5, 5.41) is 2.79. The van der Waals surface area contributed by atoms with Gasteiger partial charge in [-0.1, -0.05) is 6.92 Å². The molecule has 1 atom stereocenters. The molecule has 0 aromatic carbocycles. The monoisotopic (exact) mass is 283 g/mol. The van der Waals surface area contributed by atoms with E-state index in [4.69, 9.17) is 4.74 Å². The summed E-state index contributed by atoms with van der Waals surface area (Å²) in [6, 6.07) is 0. The molecule has 2 aliphatic rings. The van der Waals surface area contributed by atoms with Crippen LogP contribution in [0.25, 0.3) is 0 Å². The van der Waals surface area contributed by atoms with E-state index in [-0.39, 0.29) is 24.3 Å². The lowest BCUT2D eigenvalue weighted by atomic mass is 10.2. The molecule has 1 N–H and O–H groups in total. The molecule has 0 radical (unpaired) electrons. The van der Waals surface area contributed by atoms with E-state index in [2.05, 4.69) is 17.1 Å². The summed E-state index contributed by atoms with van der Waals surface area (Å²) in [4.78, 5) is 27.9. The van der Waals surface area contributed by atoms with Crippen molar-refractivity contribution in [2.45, 2.75) is 32.3 Å². The van der Waals surface area contributed by atoms with Gasteiger partial charge in [-0.15, -0.1) is 0 Å². The molecular formula is C14H25N3O3. The zero-order valence-electron chi connectivity index (χ0n) is 12.3. The number of nitrogens with zero attached hydrogens (tertiary/aromatic N) is 2. The fraction of sp³-hybridized carbons (Fsp3) is 0.857. The second-order valence-electron chi connectivity index (χ2n) is 5.43. The highest BCUT2D eigenvalue weighted by Gasteiger charge is 2.22. The van der Waals surface area contributed by atoms with Crippen LogP contribution in [0, 0.1) is 0 Å². The Bertz CT molecular complexity index is 335. The fourth-order valence-electron chi connectivity index (χ4n) is 2.66. The van der Waals surface area contributed by atoms with Crippen molar-refractivity contribution in [1.29, 1.82) is 0 Å². The SMILES string of the molecule is CCN1CCN(C(=O)CC(=O)NCC2CCCO2)CC1. The fourth-order valence-corrected chi connectivity index (χ4v) is 2.66. The van der Waals surface area contributed by atoms with Crippen molar-refractivity contribution < 1.29 is 14.3 Å². The topological polar surface area (TPSA) is 61.9 Å². The average Bonchev–Trinajstić information content (AvgIpc) is 2.98. The van der Waals surface area contributed by atoms with Crippen LogP contribution in [-0.4, -0.2) is 73.6 Å². The van der Waals surface area contributed by atoms with Crippen LogP contribution in [-0.2, 0) is 14.3 Å². The molecule has 2 heterocycles. The van der Waals surface area contributed by atoms with E-state index in [0.717, 1.165) is 52.2 Å². The molecule has 2 aliphatic heterocycles. The number of ether oxygens (including phenoxy) is 1. The Morgan fingerprint density at radius 3 is 2.60 bits per heavy atom. The molecule has 0 aromatic heterocycles. The van der Waals surface area contributed by atoms with Crippen LogP contribution < -0.4 is 5.32 Å². The minimum Gasteiger partial charge on any atom is -0.376 e. The lowest BCUT2D eigenvalue weighted by molar-refractivity contribution is -0.137. The standard InChI is InChI=1S/C14H25N3O3/c1-2-16-5-7-17(8-6-16)14(19)10-13(18)15-11-12-4-3-9-20-12/h12H,2-11H2,1H3,(H,15,18). The molecule has 2 saturated heterocycles. The third kappa shape index (κ3) is 4.45. The van der Waals surface area contributed by atoms with Gasteiger partial charge in [0.15, 0.2) is 0 Å². The molecule has 0 aromatic rings. The van der Waals surface area contributed by atoms with Crippen LogP contribution in [0.3, 0.4) is 0 Å². The Morgan fingerprint density at radius 2 is 2.00 bits per heavy atom. The van der Waals surface area contributed by atoms with Crippen molar-refractivity contribution in [3.05, 3.63) is 0 Å². The zero-order chi connectivity index (χ0) is 14.4. The Morgan fingerprint density at radius 1 is 1.25 bits per heavy atom. The molecule has 0 aliphatic carbocycles. The number of nitrogens with one attached hydrogen (secondary N) is 1. The molecule has 6 nitrogen and oxygen atoms in total. The maximum atomic E-state index is 12.0. The summed E-state index contributed by atoms with van der Waals surface area (Å²) in [5.74, 6) is -0.256. The summed E-state index contributed by atoms with van der Waals surface area (Å²) in [7, 11) is 0. The largest absolute Gasteiger partial charge is 0.376 e. The van der Waals surface area contributed by atoms with Gasteiger partial charge >= 0.3 is 0 Å². The number of piperazine rings is 1. The van der Waals surface area contributed by atoms with Crippen molar-refractivity contribution in [2.75, 3.05) is 45.9 Å². The van der Waals surface area contributed by atoms with E-state index in [1.807, 2.05) is 0 Å². The van der Waals surface area contributed by atoms with E-state index in [0.29, 0.717) is 6.54 Å². The molecule has 2 rings (SSSR count). The number of amides is 2. The summed E-state index contributed by atoms with van der Waals surface area (Å²) in [6.07, 6.45) is 2.13. The van der Waals surface area contributed by atoms with Crippen molar-refractivity contribution >= 4 is 11.8 Å². The Kier molecular flexibility index (Phi) is 5.79. The van der Waals surface area contributed by atoms with E-state index >= 15 is 0 Å². The molecule has 1 unspecified atom stereocenters. The van der Waals surface area contributed by atoms with E-state index in [9.17, 15) is 9.59 Å².